The van der Waals surface area contributed by atoms with E-state index in [9.17, 15) is 8.42 Å². The van der Waals surface area contributed by atoms with Gasteiger partial charge in [-0.15, -0.1) is 0 Å². The van der Waals surface area contributed by atoms with Crippen molar-refractivity contribution in [3.63, 3.8) is 0 Å². The molecule has 3 rings (SSSR count). The molecule has 0 radical (unpaired) electrons. The predicted octanol–water partition coefficient (Wildman–Crippen LogP) is 0.273. The van der Waals surface area contributed by atoms with Crippen LogP contribution in [0.1, 0.15) is 44.6 Å². The maximum Gasteiger partial charge on any atom is 0.184 e. The number of sulfone groups is 1. The van der Waals surface area contributed by atoms with E-state index in [2.05, 4.69) is 6.92 Å². The van der Waals surface area contributed by atoms with Crippen molar-refractivity contribution in [2.45, 2.75) is 62.9 Å². The zero-order valence-corrected chi connectivity index (χ0v) is 16.6. The van der Waals surface area contributed by atoms with E-state index in [-0.39, 0.29) is 11.8 Å². The molecule has 0 bridgehead atoms. The van der Waals surface area contributed by atoms with Crippen molar-refractivity contribution in [1.29, 1.82) is 0 Å². The van der Waals surface area contributed by atoms with Crippen molar-refractivity contribution in [3.8, 4) is 0 Å². The van der Waals surface area contributed by atoms with Gasteiger partial charge in [-0.3, -0.25) is 0 Å². The van der Waals surface area contributed by atoms with Crippen molar-refractivity contribution >= 4 is 9.84 Å². The van der Waals surface area contributed by atoms with Crippen LogP contribution in [0.3, 0.4) is 0 Å². The molecule has 2 fully saturated rings. The molecule has 1 aromatic carbocycles. The Morgan fingerprint density at radius 2 is 1.60 bits per heavy atom. The monoisotopic (exact) mass is 366 g/mol. The highest BCUT2D eigenvalue weighted by atomic mass is 32.2. The van der Waals surface area contributed by atoms with Crippen LogP contribution in [0.15, 0.2) is 29.2 Å². The van der Waals surface area contributed by atoms with Gasteiger partial charge in [0.1, 0.15) is 31.9 Å². The standard InChI is InChI=1S/C20H32N2O2S/c1-17-8-10-20(11-9-17)25(23,24)16-18(2)21-12-14-22(15-13-21)19-6-4-3-5-7-19/h8-11,18-19H,3-7,12-16H2,1-2H3/p+2/t18-/m0/s1. The van der Waals surface area contributed by atoms with Gasteiger partial charge in [0.2, 0.25) is 0 Å². The number of quaternary nitrogens is 2. The summed E-state index contributed by atoms with van der Waals surface area (Å²) in [4.78, 5) is 3.71. The number of nitrogens with one attached hydrogen (secondary N) is 2. The Morgan fingerprint density at radius 1 is 1.00 bits per heavy atom. The molecule has 1 saturated heterocycles. The molecule has 0 unspecified atom stereocenters. The Bertz CT molecular complexity index is 643. The van der Waals surface area contributed by atoms with E-state index in [4.69, 9.17) is 0 Å². The second-order valence-electron chi connectivity index (χ2n) is 8.15. The highest BCUT2D eigenvalue weighted by Crippen LogP contribution is 2.15. The van der Waals surface area contributed by atoms with E-state index in [1.165, 1.54) is 50.1 Å². The fraction of sp³-hybridized carbons (Fsp3) is 0.700. The smallest absolute Gasteiger partial charge is 0.184 e. The molecule has 1 aliphatic heterocycles. The average molecular weight is 367 g/mol. The number of hydrogen-bond acceptors (Lipinski definition) is 2. The zero-order chi connectivity index (χ0) is 17.9. The van der Waals surface area contributed by atoms with Crippen molar-refractivity contribution in [2.24, 2.45) is 0 Å². The number of benzene rings is 1. The Labute approximate surface area is 153 Å². The van der Waals surface area contributed by atoms with Gasteiger partial charge in [0, 0.05) is 0 Å². The van der Waals surface area contributed by atoms with Crippen LogP contribution in [-0.2, 0) is 9.84 Å². The summed E-state index contributed by atoms with van der Waals surface area (Å²) in [5, 5.41) is 0. The molecule has 1 atom stereocenters. The van der Waals surface area contributed by atoms with E-state index in [1.807, 2.05) is 19.1 Å². The van der Waals surface area contributed by atoms with Gasteiger partial charge in [-0.2, -0.15) is 0 Å². The highest BCUT2D eigenvalue weighted by Gasteiger charge is 2.34. The first-order valence-corrected chi connectivity index (χ1v) is 11.6. The molecule has 1 aliphatic carbocycles. The van der Waals surface area contributed by atoms with Gasteiger partial charge in [-0.25, -0.2) is 8.42 Å². The minimum absolute atomic E-state index is 0.166. The predicted molar refractivity (Wildman–Crippen MR) is 101 cm³/mol. The number of hydrogen-bond donors (Lipinski definition) is 2. The molecule has 4 nitrogen and oxygen atoms in total. The van der Waals surface area contributed by atoms with E-state index in [1.54, 1.807) is 17.0 Å². The second kappa shape index (κ2) is 8.19. The Kier molecular flexibility index (Phi) is 6.18. The van der Waals surface area contributed by atoms with Crippen molar-refractivity contribution in [2.75, 3.05) is 31.9 Å². The van der Waals surface area contributed by atoms with Gasteiger partial charge in [0.05, 0.1) is 17.0 Å². The SMILES string of the molecule is Cc1ccc(S(=O)(=O)C[C@H](C)[NH+]2CC[NH+](C3CCCCC3)CC2)cc1. The first-order chi connectivity index (χ1) is 12.0. The first kappa shape index (κ1) is 18.9. The largest absolute Gasteiger partial charge is 0.323 e. The Balaban J connectivity index is 1.53. The van der Waals surface area contributed by atoms with Gasteiger partial charge in [-0.1, -0.05) is 24.1 Å². The van der Waals surface area contributed by atoms with Gasteiger partial charge in [-0.05, 0) is 51.7 Å². The highest BCUT2D eigenvalue weighted by molar-refractivity contribution is 7.91. The summed E-state index contributed by atoms with van der Waals surface area (Å²) in [6.07, 6.45) is 6.99. The van der Waals surface area contributed by atoms with Crippen molar-refractivity contribution < 1.29 is 18.2 Å². The lowest BCUT2D eigenvalue weighted by Gasteiger charge is -2.38. The third kappa shape index (κ3) is 4.83. The number of rotatable bonds is 5. The Hall–Kier alpha value is -0.910. The molecular weight excluding hydrogens is 332 g/mol. The molecule has 0 aromatic heterocycles. The molecule has 2 N–H and O–H groups in total. The van der Waals surface area contributed by atoms with E-state index >= 15 is 0 Å². The molecule has 1 saturated carbocycles. The summed E-state index contributed by atoms with van der Waals surface area (Å²) in [5.74, 6) is 0.254. The third-order valence-corrected chi connectivity index (χ3v) is 8.19. The lowest BCUT2D eigenvalue weighted by Crippen LogP contribution is -3.31. The van der Waals surface area contributed by atoms with Gasteiger partial charge in [0.15, 0.2) is 9.84 Å². The van der Waals surface area contributed by atoms with Gasteiger partial charge < -0.3 is 9.80 Å². The minimum atomic E-state index is -3.19. The lowest BCUT2D eigenvalue weighted by atomic mass is 9.94. The molecule has 1 heterocycles. The van der Waals surface area contributed by atoms with Gasteiger partial charge in [0.25, 0.3) is 0 Å². The molecule has 140 valence electrons. The molecule has 5 heteroatoms. The van der Waals surface area contributed by atoms with Crippen LogP contribution < -0.4 is 9.80 Å². The quantitative estimate of drug-likeness (QED) is 0.786. The van der Waals surface area contributed by atoms with Crippen LogP contribution in [0, 0.1) is 6.92 Å². The summed E-state index contributed by atoms with van der Waals surface area (Å²) in [6.45, 7) is 8.71. The maximum absolute atomic E-state index is 12.7. The fourth-order valence-electron chi connectivity index (χ4n) is 4.59. The average Bonchev–Trinajstić information content (AvgIpc) is 2.62. The van der Waals surface area contributed by atoms with Crippen LogP contribution in [0.2, 0.25) is 0 Å². The number of aryl methyl sites for hydroxylation is 1. The molecule has 2 aliphatic rings. The molecule has 1 aromatic rings. The molecule has 0 spiro atoms. The van der Waals surface area contributed by atoms with Crippen molar-refractivity contribution in [1.82, 2.24) is 0 Å². The lowest BCUT2D eigenvalue weighted by molar-refractivity contribution is -1.03. The fourth-order valence-corrected chi connectivity index (χ4v) is 6.23. The third-order valence-electron chi connectivity index (χ3n) is 6.26. The summed E-state index contributed by atoms with van der Waals surface area (Å²) in [7, 11) is -3.19. The molecule has 0 amide bonds. The van der Waals surface area contributed by atoms with E-state index in [0.717, 1.165) is 24.7 Å². The zero-order valence-electron chi connectivity index (χ0n) is 15.8. The van der Waals surface area contributed by atoms with Crippen LogP contribution in [0.5, 0.6) is 0 Å². The molecular formula is C20H34N2O2S+2. The summed E-state index contributed by atoms with van der Waals surface area (Å²) >= 11 is 0. The van der Waals surface area contributed by atoms with Crippen molar-refractivity contribution in [3.05, 3.63) is 29.8 Å². The Morgan fingerprint density at radius 3 is 2.20 bits per heavy atom. The maximum atomic E-state index is 12.7. The topological polar surface area (TPSA) is 43.0 Å². The van der Waals surface area contributed by atoms with Gasteiger partial charge >= 0.3 is 0 Å². The minimum Gasteiger partial charge on any atom is -0.323 e. The first-order valence-electron chi connectivity index (χ1n) is 9.94. The second-order valence-corrected chi connectivity index (χ2v) is 10.2. The van der Waals surface area contributed by atoms with Crippen LogP contribution in [0.25, 0.3) is 0 Å². The summed E-state index contributed by atoms with van der Waals surface area (Å²) in [6, 6.07) is 8.30. The van der Waals surface area contributed by atoms with Crippen LogP contribution in [0.4, 0.5) is 0 Å². The summed E-state index contributed by atoms with van der Waals surface area (Å²) < 4.78 is 25.4. The van der Waals surface area contributed by atoms with Crippen LogP contribution >= 0.6 is 0 Å². The van der Waals surface area contributed by atoms with E-state index < -0.39 is 9.84 Å². The molecule has 25 heavy (non-hydrogen) atoms. The normalized spacial score (nSPS) is 27.1. The van der Waals surface area contributed by atoms with Crippen LogP contribution in [-0.4, -0.2) is 52.4 Å². The number of piperazine rings is 1. The van der Waals surface area contributed by atoms with E-state index in [0.29, 0.717) is 4.90 Å². The summed E-state index contributed by atoms with van der Waals surface area (Å²) in [5.41, 5.74) is 1.10.